The van der Waals surface area contributed by atoms with Gasteiger partial charge in [-0.05, 0) is 63.6 Å². The number of thioether (sulfide) groups is 1. The third kappa shape index (κ3) is 5.75. The van der Waals surface area contributed by atoms with Crippen LogP contribution < -0.4 is 10.1 Å². The lowest BCUT2D eigenvalue weighted by molar-refractivity contribution is -0.137. The number of halogens is 1. The second-order valence-electron chi connectivity index (χ2n) is 6.79. The molecule has 0 unspecified atom stereocenters. The Balaban J connectivity index is 1.39. The first-order valence-corrected chi connectivity index (χ1v) is 11.3. The van der Waals surface area contributed by atoms with Crippen molar-refractivity contribution in [2.75, 3.05) is 32.9 Å². The molecule has 2 aliphatic rings. The number of aliphatic imine (C=N–C) groups is 1. The van der Waals surface area contributed by atoms with E-state index in [1.54, 1.807) is 17.0 Å². The van der Waals surface area contributed by atoms with E-state index in [9.17, 15) is 9.59 Å². The first kappa shape index (κ1) is 21.6. The van der Waals surface area contributed by atoms with E-state index in [2.05, 4.69) is 26.2 Å². The molecule has 2 saturated heterocycles. The summed E-state index contributed by atoms with van der Waals surface area (Å²) in [5.41, 5.74) is 1.61. The first-order valence-electron chi connectivity index (χ1n) is 9.71. The molecule has 1 N–H and O–H groups in total. The van der Waals surface area contributed by atoms with Crippen molar-refractivity contribution < 1.29 is 19.1 Å². The zero-order valence-electron chi connectivity index (χ0n) is 16.5. The number of hydrogen-bond acceptors (Lipinski definition) is 6. The molecule has 0 radical (unpaired) electrons. The molecule has 0 saturated carbocycles. The van der Waals surface area contributed by atoms with Gasteiger partial charge in [0, 0.05) is 13.1 Å². The van der Waals surface area contributed by atoms with Crippen LogP contribution in [0.15, 0.2) is 62.9 Å². The fraction of sp³-hybridized carbons (Fsp3) is 0.227. The quantitative estimate of drug-likeness (QED) is 0.633. The zero-order chi connectivity index (χ0) is 21.6. The monoisotopic (exact) mass is 501 g/mol. The number of carbonyl (C=O) groups is 2. The predicted molar refractivity (Wildman–Crippen MR) is 124 cm³/mol. The SMILES string of the molecule is O=C1NC(=Nc2ccccc2)S/C1=C\c1ccc(OCC(=O)N2CCOCC2)c(Br)c1. The number of amides is 2. The van der Waals surface area contributed by atoms with Gasteiger partial charge in [0.1, 0.15) is 5.75 Å². The Hall–Kier alpha value is -2.62. The topological polar surface area (TPSA) is 80.2 Å². The third-order valence-electron chi connectivity index (χ3n) is 4.61. The van der Waals surface area contributed by atoms with E-state index in [1.807, 2.05) is 42.5 Å². The van der Waals surface area contributed by atoms with Crippen LogP contribution in [-0.4, -0.2) is 54.8 Å². The van der Waals surface area contributed by atoms with E-state index in [0.717, 1.165) is 11.3 Å². The zero-order valence-corrected chi connectivity index (χ0v) is 18.9. The number of amidine groups is 1. The van der Waals surface area contributed by atoms with Crippen molar-refractivity contribution in [2.45, 2.75) is 0 Å². The first-order chi connectivity index (χ1) is 15.1. The summed E-state index contributed by atoms with van der Waals surface area (Å²) in [6.07, 6.45) is 1.79. The standard InChI is InChI=1S/C22H20BrN3O4S/c23-17-12-15(6-7-18(17)30-14-20(27)26-8-10-29-11-9-26)13-19-21(28)25-22(31-19)24-16-4-2-1-3-5-16/h1-7,12-13H,8-11,14H2,(H,24,25,28)/b19-13-. The lowest BCUT2D eigenvalue weighted by Crippen LogP contribution is -2.43. The molecule has 4 rings (SSSR count). The number of morpholine rings is 1. The van der Waals surface area contributed by atoms with Gasteiger partial charge in [0.2, 0.25) is 0 Å². The molecule has 7 nitrogen and oxygen atoms in total. The lowest BCUT2D eigenvalue weighted by Gasteiger charge is -2.26. The smallest absolute Gasteiger partial charge is 0.264 e. The molecule has 0 aliphatic carbocycles. The van der Waals surface area contributed by atoms with Gasteiger partial charge in [0.05, 0.1) is 28.3 Å². The summed E-state index contributed by atoms with van der Waals surface area (Å²) in [6.45, 7) is 2.26. The number of para-hydroxylation sites is 1. The van der Waals surface area contributed by atoms with Gasteiger partial charge >= 0.3 is 0 Å². The van der Waals surface area contributed by atoms with Gasteiger partial charge in [-0.25, -0.2) is 4.99 Å². The Morgan fingerprint density at radius 2 is 2.00 bits per heavy atom. The summed E-state index contributed by atoms with van der Waals surface area (Å²) in [6, 6.07) is 14.9. The number of rotatable bonds is 5. The maximum Gasteiger partial charge on any atom is 0.264 e. The van der Waals surface area contributed by atoms with Crippen LogP contribution in [0.5, 0.6) is 5.75 Å². The van der Waals surface area contributed by atoms with Gasteiger partial charge in [0.15, 0.2) is 11.8 Å². The highest BCUT2D eigenvalue weighted by Crippen LogP contribution is 2.31. The highest BCUT2D eigenvalue weighted by Gasteiger charge is 2.24. The van der Waals surface area contributed by atoms with Crippen LogP contribution in [0.3, 0.4) is 0 Å². The van der Waals surface area contributed by atoms with Crippen LogP contribution in [-0.2, 0) is 14.3 Å². The number of nitrogens with zero attached hydrogens (tertiary/aromatic N) is 2. The minimum absolute atomic E-state index is 0.0311. The normalized spacial score (nSPS) is 19.0. The fourth-order valence-corrected chi connectivity index (χ4v) is 4.37. The van der Waals surface area contributed by atoms with Crippen molar-refractivity contribution in [3.63, 3.8) is 0 Å². The van der Waals surface area contributed by atoms with Gasteiger partial charge in [-0.1, -0.05) is 24.3 Å². The second kappa shape index (κ2) is 10.1. The number of ether oxygens (including phenoxy) is 2. The molecule has 2 amide bonds. The average molecular weight is 502 g/mol. The summed E-state index contributed by atoms with van der Waals surface area (Å²) >= 11 is 4.78. The van der Waals surface area contributed by atoms with E-state index in [4.69, 9.17) is 9.47 Å². The van der Waals surface area contributed by atoms with Crippen LogP contribution in [0.25, 0.3) is 6.08 Å². The van der Waals surface area contributed by atoms with E-state index in [1.165, 1.54) is 11.8 Å². The minimum atomic E-state index is -0.188. The van der Waals surface area contributed by atoms with E-state index >= 15 is 0 Å². The van der Waals surface area contributed by atoms with Crippen LogP contribution in [0, 0.1) is 0 Å². The predicted octanol–water partition coefficient (Wildman–Crippen LogP) is 3.58. The third-order valence-corrected chi connectivity index (χ3v) is 6.14. The molecule has 0 aromatic heterocycles. The van der Waals surface area contributed by atoms with Crippen molar-refractivity contribution in [1.29, 1.82) is 0 Å². The molecule has 2 aromatic rings. The van der Waals surface area contributed by atoms with Crippen LogP contribution in [0.2, 0.25) is 0 Å². The second-order valence-corrected chi connectivity index (χ2v) is 8.67. The number of nitrogens with one attached hydrogen (secondary N) is 1. The van der Waals surface area contributed by atoms with Crippen LogP contribution in [0.1, 0.15) is 5.56 Å². The molecule has 2 aliphatic heterocycles. The molecule has 160 valence electrons. The maximum absolute atomic E-state index is 12.3. The minimum Gasteiger partial charge on any atom is -0.483 e. The van der Waals surface area contributed by atoms with Crippen LogP contribution in [0.4, 0.5) is 5.69 Å². The number of hydrogen-bond donors (Lipinski definition) is 1. The van der Waals surface area contributed by atoms with Gasteiger partial charge in [-0.15, -0.1) is 0 Å². The van der Waals surface area contributed by atoms with Gasteiger partial charge in [0.25, 0.3) is 11.8 Å². The Labute approximate surface area is 192 Å². The number of carbonyl (C=O) groups excluding carboxylic acids is 2. The maximum atomic E-state index is 12.3. The Morgan fingerprint density at radius 1 is 1.23 bits per heavy atom. The van der Waals surface area contributed by atoms with Crippen molar-refractivity contribution in [1.82, 2.24) is 10.2 Å². The van der Waals surface area contributed by atoms with Crippen molar-refractivity contribution in [3.8, 4) is 5.75 Å². The lowest BCUT2D eigenvalue weighted by atomic mass is 10.2. The Kier molecular flexibility index (Phi) is 7.06. The molecule has 0 atom stereocenters. The molecular weight excluding hydrogens is 482 g/mol. The molecule has 2 heterocycles. The summed E-state index contributed by atoms with van der Waals surface area (Å²) in [4.78, 5) is 31.3. The summed E-state index contributed by atoms with van der Waals surface area (Å²) in [5, 5.41) is 3.33. The Bertz CT molecular complexity index is 1040. The highest BCUT2D eigenvalue weighted by atomic mass is 79.9. The molecule has 0 spiro atoms. The molecular formula is C22H20BrN3O4S. The van der Waals surface area contributed by atoms with Crippen molar-refractivity contribution >= 4 is 56.4 Å². The average Bonchev–Trinajstić information content (AvgIpc) is 3.12. The molecule has 2 aromatic carbocycles. The Morgan fingerprint density at radius 3 is 2.74 bits per heavy atom. The highest BCUT2D eigenvalue weighted by molar-refractivity contribution is 9.10. The summed E-state index contributed by atoms with van der Waals surface area (Å²) in [5.74, 6) is 0.316. The molecule has 2 fully saturated rings. The van der Waals surface area contributed by atoms with Crippen LogP contribution >= 0.6 is 27.7 Å². The van der Waals surface area contributed by atoms with Crippen molar-refractivity contribution in [3.05, 3.63) is 63.5 Å². The fourth-order valence-electron chi connectivity index (χ4n) is 3.02. The molecule has 9 heteroatoms. The molecule has 31 heavy (non-hydrogen) atoms. The summed E-state index contributed by atoms with van der Waals surface area (Å²) in [7, 11) is 0. The van der Waals surface area contributed by atoms with E-state index < -0.39 is 0 Å². The van der Waals surface area contributed by atoms with Gasteiger partial charge in [-0.2, -0.15) is 0 Å². The molecule has 0 bridgehead atoms. The van der Waals surface area contributed by atoms with E-state index in [-0.39, 0.29) is 18.4 Å². The summed E-state index contributed by atoms with van der Waals surface area (Å²) < 4.78 is 11.6. The number of benzene rings is 2. The van der Waals surface area contributed by atoms with E-state index in [0.29, 0.717) is 46.6 Å². The van der Waals surface area contributed by atoms with Gasteiger partial charge < -0.3 is 19.7 Å². The van der Waals surface area contributed by atoms with Gasteiger partial charge in [-0.3, -0.25) is 9.59 Å². The largest absolute Gasteiger partial charge is 0.483 e. The van der Waals surface area contributed by atoms with Crippen molar-refractivity contribution in [2.24, 2.45) is 4.99 Å².